The summed E-state index contributed by atoms with van der Waals surface area (Å²) >= 11 is 0. The molecule has 0 spiro atoms. The van der Waals surface area contributed by atoms with Crippen LogP contribution in [0.3, 0.4) is 0 Å². The zero-order valence-electron chi connectivity index (χ0n) is 15.0. The van der Waals surface area contributed by atoms with Gasteiger partial charge in [-0.25, -0.2) is 0 Å². The standard InChI is InChI=1S/C21H30O2/c1-5-6-7-8-13-11-15(22)17-16(12-13)23-21(4)10-9-14-18(21)19(17)20(14,2)3/h11-12,14,18-19,22H,5-10H2,1-4H3/t14-,18?,19?,21-/m1/s1. The van der Waals surface area contributed by atoms with Gasteiger partial charge in [-0.1, -0.05) is 33.6 Å². The molecule has 1 aliphatic heterocycles. The van der Waals surface area contributed by atoms with Crippen LogP contribution < -0.4 is 4.74 Å². The Kier molecular flexibility index (Phi) is 3.28. The van der Waals surface area contributed by atoms with Crippen molar-refractivity contribution in [2.45, 2.75) is 77.7 Å². The summed E-state index contributed by atoms with van der Waals surface area (Å²) in [6, 6.07) is 4.22. The van der Waals surface area contributed by atoms with Crippen molar-refractivity contribution < 1.29 is 9.84 Å². The fourth-order valence-electron chi connectivity index (χ4n) is 5.92. The molecule has 1 N–H and O–H groups in total. The highest BCUT2D eigenvalue weighted by Crippen LogP contribution is 2.74. The average Bonchev–Trinajstić information content (AvgIpc) is 2.81. The molecule has 0 aromatic heterocycles. The monoisotopic (exact) mass is 314 g/mol. The number of aromatic hydroxyl groups is 1. The summed E-state index contributed by atoms with van der Waals surface area (Å²) in [4.78, 5) is 0. The number of phenols is 1. The molecule has 0 amide bonds. The topological polar surface area (TPSA) is 29.5 Å². The normalized spacial score (nSPS) is 35.9. The van der Waals surface area contributed by atoms with E-state index in [2.05, 4.69) is 33.8 Å². The first-order valence-corrected chi connectivity index (χ1v) is 9.43. The summed E-state index contributed by atoms with van der Waals surface area (Å²) < 4.78 is 6.51. The number of benzene rings is 1. The molecule has 2 heteroatoms. The lowest BCUT2D eigenvalue weighted by molar-refractivity contribution is -0.121. The van der Waals surface area contributed by atoms with Gasteiger partial charge in [-0.05, 0) is 61.6 Å². The number of ether oxygens (including phenoxy) is 1. The minimum Gasteiger partial charge on any atom is -0.508 e. The molecule has 23 heavy (non-hydrogen) atoms. The molecule has 0 bridgehead atoms. The maximum Gasteiger partial charge on any atom is 0.127 e. The van der Waals surface area contributed by atoms with Gasteiger partial charge in [-0.2, -0.15) is 0 Å². The Bertz CT molecular complexity index is 633. The van der Waals surface area contributed by atoms with Gasteiger partial charge in [0.2, 0.25) is 0 Å². The van der Waals surface area contributed by atoms with E-state index >= 15 is 0 Å². The lowest BCUT2D eigenvalue weighted by atomic mass is 9.45. The molecule has 1 aromatic carbocycles. The van der Waals surface area contributed by atoms with E-state index in [0.717, 1.165) is 30.1 Å². The molecule has 1 aromatic rings. The third kappa shape index (κ3) is 1.99. The number of fused-ring (bicyclic) bond motifs is 2. The molecular weight excluding hydrogens is 284 g/mol. The lowest BCUT2D eigenvalue weighted by Gasteiger charge is -2.62. The van der Waals surface area contributed by atoms with Gasteiger partial charge in [-0.15, -0.1) is 0 Å². The van der Waals surface area contributed by atoms with E-state index in [-0.39, 0.29) is 11.0 Å². The molecule has 3 aliphatic rings. The smallest absolute Gasteiger partial charge is 0.127 e. The minimum absolute atomic E-state index is 0.0215. The Morgan fingerprint density at radius 3 is 2.74 bits per heavy atom. The predicted octanol–water partition coefficient (Wildman–Crippen LogP) is 5.43. The van der Waals surface area contributed by atoms with Gasteiger partial charge in [-0.3, -0.25) is 0 Å². The van der Waals surface area contributed by atoms with Gasteiger partial charge in [0.25, 0.3) is 0 Å². The van der Waals surface area contributed by atoms with Gasteiger partial charge in [0, 0.05) is 17.4 Å². The van der Waals surface area contributed by atoms with Crippen molar-refractivity contribution in [3.05, 3.63) is 23.3 Å². The Morgan fingerprint density at radius 1 is 1.22 bits per heavy atom. The molecule has 0 radical (unpaired) electrons. The highest BCUT2D eigenvalue weighted by Gasteiger charge is 2.69. The molecule has 2 unspecified atom stereocenters. The quantitative estimate of drug-likeness (QED) is 0.751. The van der Waals surface area contributed by atoms with Crippen molar-refractivity contribution in [3.8, 4) is 11.5 Å². The van der Waals surface area contributed by atoms with Crippen LogP contribution in [0, 0.1) is 17.3 Å². The van der Waals surface area contributed by atoms with E-state index in [4.69, 9.17) is 4.74 Å². The lowest BCUT2D eigenvalue weighted by Crippen LogP contribution is -2.59. The maximum atomic E-state index is 10.7. The van der Waals surface area contributed by atoms with Crippen LogP contribution in [0.1, 0.15) is 76.8 Å². The minimum atomic E-state index is -0.0215. The van der Waals surface area contributed by atoms with Crippen molar-refractivity contribution in [2.75, 3.05) is 0 Å². The summed E-state index contributed by atoms with van der Waals surface area (Å²) in [5.41, 5.74) is 2.58. The fraction of sp³-hybridized carbons (Fsp3) is 0.714. The van der Waals surface area contributed by atoms with E-state index in [1.54, 1.807) is 0 Å². The van der Waals surface area contributed by atoms with Gasteiger partial charge in [0.15, 0.2) is 0 Å². The van der Waals surface area contributed by atoms with Crippen molar-refractivity contribution in [1.82, 2.24) is 0 Å². The zero-order valence-corrected chi connectivity index (χ0v) is 15.0. The van der Waals surface area contributed by atoms with Crippen LogP contribution in [0.15, 0.2) is 12.1 Å². The number of phenolic OH excluding ortho intramolecular Hbond substituents is 1. The first kappa shape index (κ1) is 15.4. The summed E-state index contributed by atoms with van der Waals surface area (Å²) in [7, 11) is 0. The van der Waals surface area contributed by atoms with Gasteiger partial charge < -0.3 is 9.84 Å². The van der Waals surface area contributed by atoms with Crippen LogP contribution in [0.2, 0.25) is 0 Å². The highest BCUT2D eigenvalue weighted by atomic mass is 16.5. The van der Waals surface area contributed by atoms with Crippen LogP contribution in [-0.2, 0) is 6.42 Å². The SMILES string of the molecule is CCCCCc1cc(O)c2c(c1)O[C@]1(C)CC[C@@H]3C1C2C3(C)C. The summed E-state index contributed by atoms with van der Waals surface area (Å²) in [6.45, 7) is 9.29. The average molecular weight is 314 g/mol. The van der Waals surface area contributed by atoms with Crippen LogP contribution in [0.5, 0.6) is 11.5 Å². The largest absolute Gasteiger partial charge is 0.508 e. The van der Waals surface area contributed by atoms with Crippen molar-refractivity contribution >= 4 is 0 Å². The van der Waals surface area contributed by atoms with Crippen molar-refractivity contribution in [3.63, 3.8) is 0 Å². The third-order valence-corrected chi connectivity index (χ3v) is 7.11. The summed E-state index contributed by atoms with van der Waals surface area (Å²) in [5.74, 6) is 3.22. The van der Waals surface area contributed by atoms with Crippen molar-refractivity contribution in [1.29, 1.82) is 0 Å². The zero-order chi connectivity index (χ0) is 16.4. The second-order valence-electron chi connectivity index (χ2n) is 8.87. The predicted molar refractivity (Wildman–Crippen MR) is 93.1 cm³/mol. The number of unbranched alkanes of at least 4 members (excludes halogenated alkanes) is 2. The van der Waals surface area contributed by atoms with Crippen LogP contribution in [-0.4, -0.2) is 10.7 Å². The van der Waals surface area contributed by atoms with Crippen molar-refractivity contribution in [2.24, 2.45) is 17.3 Å². The Balaban J connectivity index is 1.73. The van der Waals surface area contributed by atoms with Crippen LogP contribution >= 0.6 is 0 Å². The second kappa shape index (κ2) is 4.91. The molecule has 4 atom stereocenters. The molecule has 0 saturated heterocycles. The molecular formula is C21H30O2. The third-order valence-electron chi connectivity index (χ3n) is 7.11. The molecule has 2 fully saturated rings. The fourth-order valence-corrected chi connectivity index (χ4v) is 5.92. The van der Waals surface area contributed by atoms with Crippen LogP contribution in [0.25, 0.3) is 0 Å². The van der Waals surface area contributed by atoms with Crippen LogP contribution in [0.4, 0.5) is 0 Å². The van der Waals surface area contributed by atoms with Gasteiger partial charge in [0.1, 0.15) is 17.1 Å². The maximum absolute atomic E-state index is 10.7. The van der Waals surface area contributed by atoms with E-state index in [1.165, 1.54) is 31.2 Å². The Labute approximate surface area is 140 Å². The van der Waals surface area contributed by atoms with E-state index < -0.39 is 0 Å². The van der Waals surface area contributed by atoms with Gasteiger partial charge >= 0.3 is 0 Å². The highest BCUT2D eigenvalue weighted by molar-refractivity contribution is 5.55. The molecule has 1 heterocycles. The number of hydrogen-bond acceptors (Lipinski definition) is 2. The molecule has 126 valence electrons. The molecule has 2 saturated carbocycles. The number of rotatable bonds is 4. The van der Waals surface area contributed by atoms with E-state index in [0.29, 0.717) is 17.6 Å². The summed E-state index contributed by atoms with van der Waals surface area (Å²) in [5, 5.41) is 10.7. The van der Waals surface area contributed by atoms with E-state index in [1.807, 2.05) is 6.07 Å². The molecule has 4 rings (SSSR count). The summed E-state index contributed by atoms with van der Waals surface area (Å²) in [6.07, 6.45) is 7.12. The number of hydrogen-bond donors (Lipinski definition) is 1. The Morgan fingerprint density at radius 2 is 2.00 bits per heavy atom. The second-order valence-corrected chi connectivity index (χ2v) is 8.87. The van der Waals surface area contributed by atoms with Gasteiger partial charge in [0.05, 0.1) is 0 Å². The molecule has 2 nitrogen and oxygen atoms in total. The molecule has 2 aliphatic carbocycles. The number of aryl methyl sites for hydroxylation is 1. The van der Waals surface area contributed by atoms with E-state index in [9.17, 15) is 5.11 Å². The first-order valence-electron chi connectivity index (χ1n) is 9.43. The first-order chi connectivity index (χ1) is 10.9. The Hall–Kier alpha value is -1.18.